The average Bonchev–Trinajstić information content (AvgIpc) is 3.04. The molecule has 0 spiro atoms. The van der Waals surface area contributed by atoms with Gasteiger partial charge >= 0.3 is 0 Å². The zero-order chi connectivity index (χ0) is 16.6. The van der Waals surface area contributed by atoms with Crippen LogP contribution in [0.5, 0.6) is 0 Å². The molecule has 1 amide bonds. The Labute approximate surface area is 164 Å². The molecule has 2 aromatic rings. The van der Waals surface area contributed by atoms with Crippen molar-refractivity contribution in [3.63, 3.8) is 0 Å². The minimum absolute atomic E-state index is 0. The van der Waals surface area contributed by atoms with Gasteiger partial charge in [-0.2, -0.15) is 0 Å². The summed E-state index contributed by atoms with van der Waals surface area (Å²) >= 11 is 1.75. The minimum Gasteiger partial charge on any atom is -1.00 e. The number of rotatable bonds is 3. The van der Waals surface area contributed by atoms with Crippen LogP contribution in [-0.2, 0) is 4.79 Å². The largest absolute Gasteiger partial charge is 1.00 e. The molecule has 25 heavy (non-hydrogen) atoms. The fourth-order valence-electron chi connectivity index (χ4n) is 3.77. The van der Waals surface area contributed by atoms with Gasteiger partial charge in [-0.3, -0.25) is 9.69 Å². The van der Waals surface area contributed by atoms with Crippen LogP contribution in [0.25, 0.3) is 0 Å². The van der Waals surface area contributed by atoms with E-state index in [4.69, 9.17) is 0 Å². The quantitative estimate of drug-likeness (QED) is 0.703. The highest BCUT2D eigenvalue weighted by atomic mass is 79.9. The van der Waals surface area contributed by atoms with E-state index in [1.807, 2.05) is 29.2 Å². The molecule has 4 rings (SSSR count). The zero-order valence-electron chi connectivity index (χ0n) is 14.5. The smallest absolute Gasteiger partial charge is 0.237 e. The molecule has 0 N–H and O–H groups in total. The first-order chi connectivity index (χ1) is 11.7. The average molecular weight is 419 g/mol. The highest BCUT2D eigenvalue weighted by Gasteiger charge is 2.31. The number of hydrogen-bond donors (Lipinski definition) is 0. The van der Waals surface area contributed by atoms with Crippen LogP contribution < -0.4 is 21.9 Å². The van der Waals surface area contributed by atoms with Crippen molar-refractivity contribution in [2.45, 2.75) is 29.1 Å². The topological polar surface area (TPSA) is 20.3 Å². The summed E-state index contributed by atoms with van der Waals surface area (Å²) in [4.78, 5) is 17.4. The fraction of sp³-hybridized carbons (Fsp3) is 0.350. The van der Waals surface area contributed by atoms with E-state index in [0.29, 0.717) is 6.42 Å². The van der Waals surface area contributed by atoms with E-state index < -0.39 is 0 Å². The number of para-hydroxylation sites is 2. The third kappa shape index (κ3) is 3.64. The lowest BCUT2D eigenvalue weighted by atomic mass is 10.2. The maximum absolute atomic E-state index is 13.1. The first-order valence-corrected chi connectivity index (χ1v) is 9.50. The Morgan fingerprint density at radius 3 is 2.08 bits per heavy atom. The Bertz CT molecular complexity index is 728. The van der Waals surface area contributed by atoms with E-state index in [2.05, 4.69) is 31.3 Å². The molecule has 1 fully saturated rings. The number of likely N-dealkylation sites (tertiary alicyclic amines) is 1. The van der Waals surface area contributed by atoms with Gasteiger partial charge in [-0.1, -0.05) is 36.0 Å². The van der Waals surface area contributed by atoms with Crippen LogP contribution in [0.15, 0.2) is 58.3 Å². The molecule has 0 radical (unpaired) electrons. The van der Waals surface area contributed by atoms with Crippen LogP contribution in [0.3, 0.4) is 0 Å². The first kappa shape index (κ1) is 18.5. The van der Waals surface area contributed by atoms with Crippen molar-refractivity contribution in [3.05, 3.63) is 48.5 Å². The van der Waals surface area contributed by atoms with Gasteiger partial charge < -0.3 is 21.5 Å². The van der Waals surface area contributed by atoms with Crippen molar-refractivity contribution in [2.75, 3.05) is 31.6 Å². The maximum Gasteiger partial charge on any atom is 0.237 e. The number of carbonyl (C=O) groups is 1. The number of benzene rings is 2. The molecule has 0 aliphatic carbocycles. The van der Waals surface area contributed by atoms with Crippen molar-refractivity contribution in [1.82, 2.24) is 0 Å². The molecule has 1 saturated heterocycles. The van der Waals surface area contributed by atoms with E-state index in [1.54, 1.807) is 11.8 Å². The summed E-state index contributed by atoms with van der Waals surface area (Å²) in [5.74, 6) is 0.210. The molecule has 0 bridgehead atoms. The van der Waals surface area contributed by atoms with E-state index >= 15 is 0 Å². The summed E-state index contributed by atoms with van der Waals surface area (Å²) in [5, 5.41) is 0. The molecule has 3 nitrogen and oxygen atoms in total. The summed E-state index contributed by atoms with van der Waals surface area (Å²) in [6.07, 6.45) is 3.18. The van der Waals surface area contributed by atoms with Gasteiger partial charge in [0.2, 0.25) is 5.91 Å². The van der Waals surface area contributed by atoms with Gasteiger partial charge in [0.15, 0.2) is 0 Å². The fourth-order valence-corrected chi connectivity index (χ4v) is 4.83. The maximum atomic E-state index is 13.1. The van der Waals surface area contributed by atoms with Gasteiger partial charge in [0.05, 0.1) is 44.5 Å². The highest BCUT2D eigenvalue weighted by Crippen LogP contribution is 2.48. The Hall–Kier alpha value is -1.30. The normalized spacial score (nSPS) is 17.4. The number of anilines is 2. The van der Waals surface area contributed by atoms with Crippen molar-refractivity contribution >= 4 is 29.0 Å². The SMILES string of the molecule is C[N+]1(CCC(=O)N2c3ccccc3Sc3ccccc32)CCCC1.[Br-]. The standard InChI is InChI=1S/C20H23N2OS.BrH/c1-22(13-6-7-14-22)15-12-20(23)21-16-8-2-4-10-18(16)24-19-11-5-3-9-17(19)21;/h2-5,8-11H,6-7,12-15H2,1H3;1H/q+1;/p-1. The number of carbonyl (C=O) groups excluding carboxylic acids is 1. The molecule has 2 aromatic carbocycles. The van der Waals surface area contributed by atoms with Crippen LogP contribution in [0, 0.1) is 0 Å². The molecule has 0 atom stereocenters. The Balaban J connectivity index is 0.00000182. The summed E-state index contributed by atoms with van der Waals surface area (Å²) in [6.45, 7) is 3.35. The van der Waals surface area contributed by atoms with Crippen molar-refractivity contribution in [1.29, 1.82) is 0 Å². The molecule has 2 aliphatic rings. The summed E-state index contributed by atoms with van der Waals surface area (Å²) in [6, 6.07) is 16.4. The van der Waals surface area contributed by atoms with Crippen LogP contribution in [0.1, 0.15) is 19.3 Å². The lowest BCUT2D eigenvalue weighted by Gasteiger charge is -2.33. The van der Waals surface area contributed by atoms with Crippen LogP contribution in [0.2, 0.25) is 0 Å². The number of nitrogens with zero attached hydrogens (tertiary/aromatic N) is 2. The molecule has 0 saturated carbocycles. The number of halogens is 1. The third-order valence-electron chi connectivity index (χ3n) is 5.19. The summed E-state index contributed by atoms with van der Waals surface area (Å²) in [5.41, 5.74) is 2.05. The molecular weight excluding hydrogens is 396 g/mol. The lowest BCUT2D eigenvalue weighted by molar-refractivity contribution is -0.897. The van der Waals surface area contributed by atoms with Crippen LogP contribution in [-0.4, -0.2) is 37.1 Å². The Kier molecular flexibility index (Phi) is 5.56. The zero-order valence-corrected chi connectivity index (χ0v) is 16.9. The van der Waals surface area contributed by atoms with Crippen molar-refractivity contribution < 1.29 is 26.3 Å². The first-order valence-electron chi connectivity index (χ1n) is 8.69. The molecule has 2 heterocycles. The molecule has 132 valence electrons. The predicted octanol–water partition coefficient (Wildman–Crippen LogP) is 1.45. The van der Waals surface area contributed by atoms with E-state index in [9.17, 15) is 4.79 Å². The number of hydrogen-bond acceptors (Lipinski definition) is 2. The van der Waals surface area contributed by atoms with E-state index in [1.165, 1.54) is 25.9 Å². The van der Waals surface area contributed by atoms with E-state index in [-0.39, 0.29) is 22.9 Å². The van der Waals surface area contributed by atoms with Gasteiger partial charge in [0.1, 0.15) is 0 Å². The second-order valence-corrected chi connectivity index (χ2v) is 8.10. The third-order valence-corrected chi connectivity index (χ3v) is 6.32. The predicted molar refractivity (Wildman–Crippen MR) is 98.8 cm³/mol. The monoisotopic (exact) mass is 418 g/mol. The molecule has 0 aromatic heterocycles. The number of amides is 1. The highest BCUT2D eigenvalue weighted by molar-refractivity contribution is 7.99. The van der Waals surface area contributed by atoms with Gasteiger partial charge in [-0.05, 0) is 24.3 Å². The van der Waals surface area contributed by atoms with Gasteiger partial charge in [0, 0.05) is 22.6 Å². The number of quaternary nitrogens is 1. The van der Waals surface area contributed by atoms with Crippen LogP contribution >= 0.6 is 11.8 Å². The molecule has 0 unspecified atom stereocenters. The second kappa shape index (κ2) is 7.52. The van der Waals surface area contributed by atoms with Crippen LogP contribution in [0.4, 0.5) is 11.4 Å². The van der Waals surface area contributed by atoms with E-state index in [0.717, 1.165) is 32.2 Å². The Morgan fingerprint density at radius 1 is 1.00 bits per heavy atom. The summed E-state index contributed by atoms with van der Waals surface area (Å²) in [7, 11) is 2.29. The molecule has 5 heteroatoms. The van der Waals surface area contributed by atoms with Gasteiger partial charge in [-0.15, -0.1) is 0 Å². The lowest BCUT2D eigenvalue weighted by Crippen LogP contribution is -3.00. The second-order valence-electron chi connectivity index (χ2n) is 7.01. The van der Waals surface area contributed by atoms with Gasteiger partial charge in [-0.25, -0.2) is 0 Å². The Morgan fingerprint density at radius 2 is 1.52 bits per heavy atom. The summed E-state index contributed by atoms with van der Waals surface area (Å²) < 4.78 is 1.04. The van der Waals surface area contributed by atoms with Crippen molar-refractivity contribution in [3.8, 4) is 0 Å². The minimum atomic E-state index is 0. The van der Waals surface area contributed by atoms with Crippen molar-refractivity contribution in [2.24, 2.45) is 0 Å². The molecular formula is C20H23BrN2OS. The molecule has 2 aliphatic heterocycles. The number of fused-ring (bicyclic) bond motifs is 2. The van der Waals surface area contributed by atoms with Gasteiger partial charge in [0.25, 0.3) is 0 Å².